The van der Waals surface area contributed by atoms with Gasteiger partial charge in [0.2, 0.25) is 0 Å². The molecule has 0 amide bonds. The fourth-order valence-electron chi connectivity index (χ4n) is 2.45. The highest BCUT2D eigenvalue weighted by molar-refractivity contribution is 5.13. The van der Waals surface area contributed by atoms with Gasteiger partial charge >= 0.3 is 0 Å². The molecule has 11 heavy (non-hydrogen) atoms. The summed E-state index contributed by atoms with van der Waals surface area (Å²) in [6, 6.07) is 0. The zero-order valence-corrected chi connectivity index (χ0v) is 6.45. The molecule has 2 fully saturated rings. The number of rotatable bonds is 1. The number of hydrogen-bond donors (Lipinski definition) is 1. The molecule has 0 atom stereocenters. The molecule has 0 saturated heterocycles. The van der Waals surface area contributed by atoms with Gasteiger partial charge in [0.25, 0.3) is 0 Å². The van der Waals surface area contributed by atoms with E-state index in [1.54, 1.807) is 0 Å². The number of hydrogen-bond acceptors (Lipinski definition) is 2. The molecule has 0 aromatic carbocycles. The van der Waals surface area contributed by atoms with E-state index in [0.717, 1.165) is 32.1 Å². The highest BCUT2D eigenvalue weighted by Crippen LogP contribution is 2.51. The van der Waals surface area contributed by atoms with Crippen molar-refractivity contribution in [2.75, 3.05) is 0 Å². The van der Waals surface area contributed by atoms with Crippen molar-refractivity contribution < 1.29 is 0 Å². The summed E-state index contributed by atoms with van der Waals surface area (Å²) in [6.07, 6.45) is 4.96. The lowest BCUT2D eigenvalue weighted by Gasteiger charge is -2.21. The lowest BCUT2D eigenvalue weighted by molar-refractivity contribution is 0.394. The lowest BCUT2D eigenvalue weighted by Crippen LogP contribution is -2.33. The van der Waals surface area contributed by atoms with Crippen LogP contribution in [0.1, 0.15) is 32.1 Å². The van der Waals surface area contributed by atoms with Crippen LogP contribution in [0, 0.1) is 0 Å². The zero-order chi connectivity index (χ0) is 7.95. The summed E-state index contributed by atoms with van der Waals surface area (Å²) in [5.41, 5.74) is 14.3. The lowest BCUT2D eigenvalue weighted by atomic mass is 9.92. The van der Waals surface area contributed by atoms with Gasteiger partial charge in [-0.05, 0) is 37.6 Å². The Hall–Kier alpha value is -0.730. The van der Waals surface area contributed by atoms with Crippen LogP contribution in [0.3, 0.4) is 0 Å². The van der Waals surface area contributed by atoms with Gasteiger partial charge in [-0.25, -0.2) is 0 Å². The summed E-state index contributed by atoms with van der Waals surface area (Å²) in [7, 11) is 0. The van der Waals surface area contributed by atoms with Gasteiger partial charge < -0.3 is 5.73 Å². The fourth-order valence-corrected chi connectivity index (χ4v) is 2.45. The van der Waals surface area contributed by atoms with Gasteiger partial charge in [-0.1, -0.05) is 5.11 Å². The second kappa shape index (κ2) is 1.90. The molecule has 4 heteroatoms. The maximum atomic E-state index is 8.34. The number of nitrogens with zero attached hydrogens (tertiary/aromatic N) is 3. The molecule has 2 rings (SSSR count). The number of azide groups is 1. The van der Waals surface area contributed by atoms with E-state index in [0.29, 0.717) is 0 Å². The number of nitrogens with two attached hydrogens (primary N) is 1. The minimum absolute atomic E-state index is 0.00813. The van der Waals surface area contributed by atoms with Crippen molar-refractivity contribution >= 4 is 0 Å². The highest BCUT2D eigenvalue weighted by atomic mass is 15.2. The van der Waals surface area contributed by atoms with E-state index in [4.69, 9.17) is 11.3 Å². The van der Waals surface area contributed by atoms with E-state index >= 15 is 0 Å². The minimum Gasteiger partial charge on any atom is -0.325 e. The molecule has 4 nitrogen and oxygen atoms in total. The summed E-state index contributed by atoms with van der Waals surface area (Å²) in [4.78, 5) is 2.89. The smallest absolute Gasteiger partial charge is 0.0507 e. The first-order valence-corrected chi connectivity index (χ1v) is 4.03. The van der Waals surface area contributed by atoms with Crippen LogP contribution >= 0.6 is 0 Å². The average Bonchev–Trinajstić information content (AvgIpc) is 2.42. The molecule has 0 aliphatic heterocycles. The third kappa shape index (κ3) is 0.905. The van der Waals surface area contributed by atoms with Gasteiger partial charge in [-0.3, -0.25) is 0 Å². The van der Waals surface area contributed by atoms with E-state index in [-0.39, 0.29) is 11.1 Å². The first kappa shape index (κ1) is 6.95. The average molecular weight is 152 g/mol. The topological polar surface area (TPSA) is 74.8 Å². The molecular weight excluding hydrogens is 140 g/mol. The first-order chi connectivity index (χ1) is 5.18. The zero-order valence-electron chi connectivity index (χ0n) is 6.45. The van der Waals surface area contributed by atoms with Crippen molar-refractivity contribution in [1.82, 2.24) is 0 Å². The molecule has 2 saturated carbocycles. The van der Waals surface area contributed by atoms with E-state index in [2.05, 4.69) is 10.0 Å². The van der Waals surface area contributed by atoms with Crippen LogP contribution in [0.25, 0.3) is 10.4 Å². The Bertz CT molecular complexity index is 221. The second-order valence-corrected chi connectivity index (χ2v) is 3.95. The van der Waals surface area contributed by atoms with Crippen LogP contribution in [0.4, 0.5) is 0 Å². The van der Waals surface area contributed by atoms with Crippen LogP contribution in [0.5, 0.6) is 0 Å². The largest absolute Gasteiger partial charge is 0.325 e. The predicted molar refractivity (Wildman–Crippen MR) is 41.9 cm³/mol. The standard InChI is InChI=1S/C7H12N4/c8-6-1-3-7(5-6,4-2-6)10-11-9/h1-5,8H2. The Labute approximate surface area is 65.4 Å². The molecule has 0 aromatic rings. The summed E-state index contributed by atoms with van der Waals surface area (Å²) >= 11 is 0. The van der Waals surface area contributed by atoms with Crippen molar-refractivity contribution in [2.45, 2.75) is 43.2 Å². The Morgan fingerprint density at radius 1 is 1.27 bits per heavy atom. The van der Waals surface area contributed by atoms with Gasteiger partial charge in [0.15, 0.2) is 0 Å². The van der Waals surface area contributed by atoms with E-state index in [9.17, 15) is 0 Å². The van der Waals surface area contributed by atoms with Gasteiger partial charge in [-0.2, -0.15) is 0 Å². The van der Waals surface area contributed by atoms with Gasteiger partial charge in [-0.15, -0.1) is 0 Å². The van der Waals surface area contributed by atoms with Crippen LogP contribution in [0.15, 0.2) is 5.11 Å². The van der Waals surface area contributed by atoms with Crippen molar-refractivity contribution in [3.8, 4) is 0 Å². The Kier molecular flexibility index (Phi) is 1.20. The fraction of sp³-hybridized carbons (Fsp3) is 1.00. The minimum atomic E-state index is -0.0937. The molecule has 2 bridgehead atoms. The summed E-state index contributed by atoms with van der Waals surface area (Å²) in [5, 5.41) is 3.86. The molecule has 0 radical (unpaired) electrons. The summed E-state index contributed by atoms with van der Waals surface area (Å²) < 4.78 is 0. The third-order valence-corrected chi connectivity index (χ3v) is 3.11. The van der Waals surface area contributed by atoms with E-state index < -0.39 is 0 Å². The van der Waals surface area contributed by atoms with Crippen molar-refractivity contribution in [3.63, 3.8) is 0 Å². The highest BCUT2D eigenvalue weighted by Gasteiger charge is 2.51. The van der Waals surface area contributed by atoms with Crippen molar-refractivity contribution in [2.24, 2.45) is 10.8 Å². The summed E-state index contributed by atoms with van der Waals surface area (Å²) in [5.74, 6) is 0. The molecule has 0 heterocycles. The molecular formula is C7H12N4. The quantitative estimate of drug-likeness (QED) is 0.346. The normalized spacial score (nSPS) is 47.4. The SMILES string of the molecule is [N-]=[N+]=NC12CCC(N)(CC1)C2. The molecule has 60 valence electrons. The van der Waals surface area contributed by atoms with E-state index in [1.807, 2.05) is 0 Å². The predicted octanol–water partition coefficient (Wildman–Crippen LogP) is 1.71. The molecule has 2 N–H and O–H groups in total. The number of fused-ring (bicyclic) bond motifs is 2. The van der Waals surface area contributed by atoms with Crippen molar-refractivity contribution in [3.05, 3.63) is 10.4 Å². The van der Waals surface area contributed by atoms with Gasteiger partial charge in [0.1, 0.15) is 0 Å². The van der Waals surface area contributed by atoms with Crippen LogP contribution in [-0.2, 0) is 0 Å². The molecule has 0 spiro atoms. The first-order valence-electron chi connectivity index (χ1n) is 4.03. The van der Waals surface area contributed by atoms with Crippen molar-refractivity contribution in [1.29, 1.82) is 0 Å². The Morgan fingerprint density at radius 3 is 2.27 bits per heavy atom. The van der Waals surface area contributed by atoms with Crippen LogP contribution in [-0.4, -0.2) is 11.1 Å². The van der Waals surface area contributed by atoms with Gasteiger partial charge in [0.05, 0.1) is 5.54 Å². The molecule has 2 aliphatic carbocycles. The maximum Gasteiger partial charge on any atom is 0.0507 e. The monoisotopic (exact) mass is 152 g/mol. The third-order valence-electron chi connectivity index (χ3n) is 3.11. The van der Waals surface area contributed by atoms with Crippen LogP contribution < -0.4 is 5.73 Å². The maximum absolute atomic E-state index is 8.34. The molecule has 0 aromatic heterocycles. The van der Waals surface area contributed by atoms with Crippen LogP contribution in [0.2, 0.25) is 0 Å². The summed E-state index contributed by atoms with van der Waals surface area (Å²) in [6.45, 7) is 0. The molecule has 2 aliphatic rings. The Balaban J connectivity index is 2.26. The van der Waals surface area contributed by atoms with E-state index in [1.165, 1.54) is 0 Å². The second-order valence-electron chi connectivity index (χ2n) is 3.95. The Morgan fingerprint density at radius 2 is 1.91 bits per heavy atom. The van der Waals surface area contributed by atoms with Gasteiger partial charge in [0, 0.05) is 10.5 Å². The molecule has 0 unspecified atom stereocenters.